The summed E-state index contributed by atoms with van der Waals surface area (Å²) in [5.74, 6) is 0.318. The van der Waals surface area contributed by atoms with Gasteiger partial charge in [0, 0.05) is 18.3 Å². The summed E-state index contributed by atoms with van der Waals surface area (Å²) in [5.41, 5.74) is 1.05. The number of ether oxygens (including phenoxy) is 1. The molecule has 0 N–H and O–H groups in total. The van der Waals surface area contributed by atoms with Crippen LogP contribution in [0, 0.1) is 28.4 Å². The molecule has 0 fully saturated rings. The summed E-state index contributed by atoms with van der Waals surface area (Å²) in [4.78, 5) is 14.3. The van der Waals surface area contributed by atoms with Crippen molar-refractivity contribution in [3.8, 4) is 17.7 Å². The van der Waals surface area contributed by atoms with Gasteiger partial charge in [-0.2, -0.15) is 5.26 Å². The number of pyridine rings is 1. The third kappa shape index (κ3) is 2.84. The number of nitriles is 1. The maximum absolute atomic E-state index is 10.9. The van der Waals surface area contributed by atoms with Gasteiger partial charge in [-0.05, 0) is 24.6 Å². The molecular formula is C13H9N3O3. The number of nitro benzene ring substituents is 1. The Morgan fingerprint density at radius 1 is 1.37 bits per heavy atom. The number of hydrogen-bond acceptors (Lipinski definition) is 5. The topological polar surface area (TPSA) is 89.0 Å². The summed E-state index contributed by atoms with van der Waals surface area (Å²) in [6.07, 6.45) is 1.34. The molecule has 1 aromatic heterocycles. The first kappa shape index (κ1) is 12.5. The highest BCUT2D eigenvalue weighted by Crippen LogP contribution is 2.31. The molecule has 2 rings (SSSR count). The second kappa shape index (κ2) is 5.14. The third-order valence-electron chi connectivity index (χ3n) is 2.39. The van der Waals surface area contributed by atoms with Crippen LogP contribution >= 0.6 is 0 Å². The number of aryl methyl sites for hydroxylation is 1. The van der Waals surface area contributed by atoms with E-state index < -0.39 is 4.92 Å². The molecule has 1 aromatic carbocycles. The lowest BCUT2D eigenvalue weighted by atomic mass is 10.2. The monoisotopic (exact) mass is 255 g/mol. The number of hydrogen-bond donors (Lipinski definition) is 0. The summed E-state index contributed by atoms with van der Waals surface area (Å²) in [5, 5.41) is 19.6. The zero-order chi connectivity index (χ0) is 13.8. The van der Waals surface area contributed by atoms with Crippen molar-refractivity contribution < 1.29 is 9.66 Å². The number of nitrogens with zero attached hydrogens (tertiary/aromatic N) is 3. The van der Waals surface area contributed by atoms with Crippen LogP contribution in [0.15, 0.2) is 36.5 Å². The van der Waals surface area contributed by atoms with Crippen LogP contribution < -0.4 is 4.74 Å². The van der Waals surface area contributed by atoms with Gasteiger partial charge in [-0.15, -0.1) is 0 Å². The van der Waals surface area contributed by atoms with Crippen LogP contribution in [0.2, 0.25) is 0 Å². The van der Waals surface area contributed by atoms with Crippen molar-refractivity contribution in [3.63, 3.8) is 0 Å². The highest BCUT2D eigenvalue weighted by molar-refractivity contribution is 5.49. The van der Waals surface area contributed by atoms with E-state index in [1.54, 1.807) is 13.0 Å². The Balaban J connectivity index is 2.32. The lowest BCUT2D eigenvalue weighted by Gasteiger charge is -2.05. The van der Waals surface area contributed by atoms with E-state index in [1.807, 2.05) is 6.07 Å². The smallest absolute Gasteiger partial charge is 0.311 e. The quantitative estimate of drug-likeness (QED) is 0.621. The Morgan fingerprint density at radius 2 is 2.16 bits per heavy atom. The summed E-state index contributed by atoms with van der Waals surface area (Å²) >= 11 is 0. The van der Waals surface area contributed by atoms with Gasteiger partial charge >= 0.3 is 5.69 Å². The van der Waals surface area contributed by atoms with Crippen LogP contribution in [-0.2, 0) is 0 Å². The minimum atomic E-state index is -0.508. The van der Waals surface area contributed by atoms with E-state index in [1.165, 1.54) is 30.5 Å². The Hall–Kier alpha value is -2.94. The van der Waals surface area contributed by atoms with Crippen molar-refractivity contribution in [1.29, 1.82) is 5.26 Å². The van der Waals surface area contributed by atoms with Crippen LogP contribution in [0.3, 0.4) is 0 Å². The van der Waals surface area contributed by atoms with Crippen LogP contribution in [0.5, 0.6) is 11.6 Å². The molecule has 0 radical (unpaired) electrons. The molecular weight excluding hydrogens is 246 g/mol. The van der Waals surface area contributed by atoms with Crippen molar-refractivity contribution in [3.05, 3.63) is 57.8 Å². The molecule has 0 saturated heterocycles. The van der Waals surface area contributed by atoms with Gasteiger partial charge in [0.05, 0.1) is 10.5 Å². The van der Waals surface area contributed by atoms with Crippen LogP contribution in [0.25, 0.3) is 0 Å². The molecule has 6 heteroatoms. The molecule has 0 atom stereocenters. The third-order valence-corrected chi connectivity index (χ3v) is 2.39. The summed E-state index contributed by atoms with van der Waals surface area (Å²) in [6.45, 7) is 1.76. The Kier molecular flexibility index (Phi) is 3.39. The van der Waals surface area contributed by atoms with Gasteiger partial charge in [-0.1, -0.05) is 6.07 Å². The van der Waals surface area contributed by atoms with Crippen molar-refractivity contribution in [2.45, 2.75) is 6.92 Å². The molecule has 0 amide bonds. The fourth-order valence-electron chi connectivity index (χ4n) is 1.48. The molecule has 6 nitrogen and oxygen atoms in total. The van der Waals surface area contributed by atoms with Crippen molar-refractivity contribution in [2.75, 3.05) is 0 Å². The molecule has 0 aliphatic rings. The van der Waals surface area contributed by atoms with Crippen LogP contribution in [0.1, 0.15) is 11.1 Å². The van der Waals surface area contributed by atoms with E-state index in [2.05, 4.69) is 4.98 Å². The first-order chi connectivity index (χ1) is 9.10. The predicted octanol–water partition coefficient (Wildman–Crippen LogP) is 2.96. The molecule has 0 unspecified atom stereocenters. The molecule has 0 aliphatic heterocycles. The minimum Gasteiger partial charge on any atom is -0.432 e. The number of benzene rings is 1. The van der Waals surface area contributed by atoms with Gasteiger partial charge in [0.15, 0.2) is 0 Å². The van der Waals surface area contributed by atoms with Gasteiger partial charge in [0.25, 0.3) is 0 Å². The lowest BCUT2D eigenvalue weighted by molar-refractivity contribution is -0.385. The Bertz CT molecular complexity index is 660. The number of aromatic nitrogens is 1. The maximum Gasteiger partial charge on any atom is 0.311 e. The number of nitro groups is 1. The highest BCUT2D eigenvalue weighted by Gasteiger charge is 2.16. The molecule has 0 saturated carbocycles. The maximum atomic E-state index is 10.9. The molecule has 0 aliphatic carbocycles. The Morgan fingerprint density at radius 3 is 2.74 bits per heavy atom. The van der Waals surface area contributed by atoms with Gasteiger partial charge < -0.3 is 4.74 Å². The van der Waals surface area contributed by atoms with E-state index in [-0.39, 0.29) is 17.3 Å². The van der Waals surface area contributed by atoms with E-state index in [0.29, 0.717) is 5.56 Å². The number of rotatable bonds is 3. The summed E-state index contributed by atoms with van der Waals surface area (Å²) < 4.78 is 5.36. The van der Waals surface area contributed by atoms with Crippen LogP contribution in [-0.4, -0.2) is 9.91 Å². The van der Waals surface area contributed by atoms with E-state index >= 15 is 0 Å². The summed E-state index contributed by atoms with van der Waals surface area (Å²) in [7, 11) is 0. The zero-order valence-electron chi connectivity index (χ0n) is 10.0. The first-order valence-corrected chi connectivity index (χ1v) is 5.39. The molecule has 0 spiro atoms. The molecule has 0 bridgehead atoms. The van der Waals surface area contributed by atoms with Gasteiger partial charge in [-0.3, -0.25) is 10.1 Å². The van der Waals surface area contributed by atoms with E-state index in [4.69, 9.17) is 10.00 Å². The SMILES string of the molecule is Cc1ccc(Oc2ccc(C#N)cn2)c([N+](=O)[O-])c1. The van der Waals surface area contributed by atoms with E-state index in [9.17, 15) is 10.1 Å². The largest absolute Gasteiger partial charge is 0.432 e. The Labute approximate surface area is 109 Å². The molecule has 19 heavy (non-hydrogen) atoms. The normalized spacial score (nSPS) is 9.68. The van der Waals surface area contributed by atoms with Gasteiger partial charge in [-0.25, -0.2) is 4.98 Å². The van der Waals surface area contributed by atoms with Crippen molar-refractivity contribution in [2.24, 2.45) is 0 Å². The first-order valence-electron chi connectivity index (χ1n) is 5.39. The zero-order valence-corrected chi connectivity index (χ0v) is 10.0. The fraction of sp³-hybridized carbons (Fsp3) is 0.0769. The fourth-order valence-corrected chi connectivity index (χ4v) is 1.48. The molecule has 2 aromatic rings. The van der Waals surface area contributed by atoms with E-state index in [0.717, 1.165) is 5.56 Å². The average molecular weight is 255 g/mol. The second-order valence-corrected chi connectivity index (χ2v) is 3.83. The van der Waals surface area contributed by atoms with Crippen LogP contribution in [0.4, 0.5) is 5.69 Å². The minimum absolute atomic E-state index is 0.118. The van der Waals surface area contributed by atoms with Gasteiger partial charge in [0.2, 0.25) is 11.6 Å². The highest BCUT2D eigenvalue weighted by atomic mass is 16.6. The lowest BCUT2D eigenvalue weighted by Crippen LogP contribution is -1.95. The van der Waals surface area contributed by atoms with Crippen molar-refractivity contribution in [1.82, 2.24) is 4.98 Å². The second-order valence-electron chi connectivity index (χ2n) is 3.83. The summed E-state index contributed by atoms with van der Waals surface area (Å²) in [6, 6.07) is 9.61. The predicted molar refractivity (Wildman–Crippen MR) is 66.9 cm³/mol. The van der Waals surface area contributed by atoms with Crippen molar-refractivity contribution >= 4 is 5.69 Å². The van der Waals surface area contributed by atoms with Gasteiger partial charge in [0.1, 0.15) is 6.07 Å². The standard InChI is InChI=1S/C13H9N3O3/c1-9-2-4-12(11(6-9)16(17)18)19-13-5-3-10(7-14)8-15-13/h2-6,8H,1H3. The molecule has 94 valence electrons. The average Bonchev–Trinajstić information content (AvgIpc) is 2.41. The molecule has 1 heterocycles.